The van der Waals surface area contributed by atoms with Crippen LogP contribution in [0.3, 0.4) is 0 Å². The maximum Gasteiger partial charge on any atom is 0.414 e. The third kappa shape index (κ3) is 3.51. The molecule has 1 fully saturated rings. The van der Waals surface area contributed by atoms with Crippen LogP contribution in [0.15, 0.2) is 24.8 Å². The van der Waals surface area contributed by atoms with Gasteiger partial charge in [0.05, 0.1) is 30.9 Å². The largest absolute Gasteiger partial charge is 0.466 e. The van der Waals surface area contributed by atoms with Crippen molar-refractivity contribution in [3.8, 4) is 11.5 Å². The van der Waals surface area contributed by atoms with Crippen LogP contribution in [0.5, 0.6) is 11.5 Å². The quantitative estimate of drug-likeness (QED) is 0.587. The lowest BCUT2D eigenvalue weighted by molar-refractivity contribution is -0.160. The summed E-state index contributed by atoms with van der Waals surface area (Å²) in [4.78, 5) is 26.2. The van der Waals surface area contributed by atoms with Gasteiger partial charge in [-0.2, -0.15) is 0 Å². The highest BCUT2D eigenvalue weighted by Crippen LogP contribution is 2.50. The molecular formula is C20H23NO8. The molecule has 1 amide bonds. The van der Waals surface area contributed by atoms with Gasteiger partial charge in [-0.25, -0.2) is 4.79 Å². The molecule has 9 nitrogen and oxygen atoms in total. The number of carbonyl (C=O) groups is 2. The van der Waals surface area contributed by atoms with E-state index in [4.69, 9.17) is 23.7 Å². The molecular weight excluding hydrogens is 382 g/mol. The van der Waals surface area contributed by atoms with Crippen LogP contribution >= 0.6 is 0 Å². The minimum absolute atomic E-state index is 0.0307. The molecule has 0 radical (unpaired) electrons. The van der Waals surface area contributed by atoms with Crippen LogP contribution in [0.25, 0.3) is 0 Å². The molecule has 0 saturated carbocycles. The predicted molar refractivity (Wildman–Crippen MR) is 99.9 cm³/mol. The number of carbonyl (C=O) groups excluding carboxylic acids is 2. The summed E-state index contributed by atoms with van der Waals surface area (Å²) in [7, 11) is 0. The molecule has 0 unspecified atom stereocenters. The Balaban J connectivity index is 1.71. The van der Waals surface area contributed by atoms with Gasteiger partial charge in [0.15, 0.2) is 11.5 Å². The highest BCUT2D eigenvalue weighted by molar-refractivity contribution is 5.91. The number of aliphatic hydroxyl groups is 1. The monoisotopic (exact) mass is 405 g/mol. The van der Waals surface area contributed by atoms with Crippen molar-refractivity contribution in [2.24, 2.45) is 0 Å². The fourth-order valence-electron chi connectivity index (χ4n) is 4.00. The van der Waals surface area contributed by atoms with Gasteiger partial charge >= 0.3 is 12.1 Å². The summed E-state index contributed by atoms with van der Waals surface area (Å²) in [5.41, 5.74) is 1.10. The SMILES string of the molecule is C=CCOC(=O)N1c2cc3c(cc2[C@H]2O[C@H](CC(=O)OCC)C[C@H]1[C@@H]2O)OCO3. The second-order valence-corrected chi connectivity index (χ2v) is 6.98. The van der Waals surface area contributed by atoms with Gasteiger partial charge < -0.3 is 28.8 Å². The van der Waals surface area contributed by atoms with Crippen LogP contribution in [-0.2, 0) is 19.0 Å². The molecule has 0 aromatic heterocycles. The van der Waals surface area contributed by atoms with Crippen molar-refractivity contribution in [2.45, 2.75) is 44.1 Å². The van der Waals surface area contributed by atoms with Crippen molar-refractivity contribution in [3.05, 3.63) is 30.4 Å². The maximum atomic E-state index is 12.8. The number of benzene rings is 1. The van der Waals surface area contributed by atoms with E-state index in [2.05, 4.69) is 6.58 Å². The number of ether oxygens (including phenoxy) is 5. The first-order valence-corrected chi connectivity index (χ1v) is 9.53. The van der Waals surface area contributed by atoms with E-state index >= 15 is 0 Å². The van der Waals surface area contributed by atoms with Crippen LogP contribution in [-0.4, -0.2) is 55.4 Å². The number of esters is 1. The number of anilines is 1. The average Bonchev–Trinajstić information content (AvgIpc) is 3.14. The predicted octanol–water partition coefficient (Wildman–Crippen LogP) is 2.07. The number of rotatable bonds is 5. The Hall–Kier alpha value is -2.78. The molecule has 3 aliphatic rings. The molecule has 1 aromatic rings. The number of hydrogen-bond donors (Lipinski definition) is 1. The Labute approximate surface area is 167 Å². The molecule has 1 aromatic carbocycles. The lowest BCUT2D eigenvalue weighted by atomic mass is 9.84. The zero-order chi connectivity index (χ0) is 20.5. The Morgan fingerprint density at radius 3 is 2.79 bits per heavy atom. The molecule has 4 atom stereocenters. The summed E-state index contributed by atoms with van der Waals surface area (Å²) in [6.07, 6.45) is -1.09. The molecule has 3 heterocycles. The van der Waals surface area contributed by atoms with Gasteiger partial charge in [0.2, 0.25) is 6.79 Å². The van der Waals surface area contributed by atoms with E-state index in [-0.39, 0.29) is 32.8 Å². The summed E-state index contributed by atoms with van der Waals surface area (Å²) in [5.74, 6) is 0.617. The molecule has 0 spiro atoms. The number of amides is 1. The van der Waals surface area contributed by atoms with Gasteiger partial charge in [0.1, 0.15) is 18.8 Å². The molecule has 4 rings (SSSR count). The van der Waals surface area contributed by atoms with Gasteiger partial charge in [-0.15, -0.1) is 0 Å². The summed E-state index contributed by atoms with van der Waals surface area (Å²) in [6.45, 7) is 5.66. The number of fused-ring (bicyclic) bond motifs is 5. The van der Waals surface area contributed by atoms with Crippen molar-refractivity contribution in [1.29, 1.82) is 0 Å². The van der Waals surface area contributed by atoms with E-state index in [0.717, 1.165) is 0 Å². The molecule has 29 heavy (non-hydrogen) atoms. The normalized spacial score (nSPS) is 26.5. The summed E-state index contributed by atoms with van der Waals surface area (Å²) in [5, 5.41) is 10.9. The molecule has 9 heteroatoms. The first-order valence-electron chi connectivity index (χ1n) is 9.53. The molecule has 1 saturated heterocycles. The standard InChI is InChI=1S/C20H23NO8/c1-3-5-26-20(24)21-13-9-16-15(27-10-28-16)8-12(13)19-18(23)14(21)6-11(29-19)7-17(22)25-4-2/h3,8-9,11,14,18-19,23H,1,4-7,10H2,2H3/t11-,14-,18-,19+/m0/s1. The van der Waals surface area contributed by atoms with Gasteiger partial charge in [-0.1, -0.05) is 12.7 Å². The highest BCUT2D eigenvalue weighted by atomic mass is 16.7. The van der Waals surface area contributed by atoms with E-state index in [1.807, 2.05) is 0 Å². The van der Waals surface area contributed by atoms with Gasteiger partial charge in [-0.05, 0) is 19.4 Å². The first-order chi connectivity index (χ1) is 14.0. The van der Waals surface area contributed by atoms with Crippen molar-refractivity contribution >= 4 is 17.7 Å². The van der Waals surface area contributed by atoms with Gasteiger partial charge in [0.25, 0.3) is 0 Å². The second kappa shape index (κ2) is 7.92. The van der Waals surface area contributed by atoms with E-state index in [0.29, 0.717) is 22.7 Å². The molecule has 2 bridgehead atoms. The fourth-order valence-corrected chi connectivity index (χ4v) is 4.00. The van der Waals surface area contributed by atoms with Crippen molar-refractivity contribution in [1.82, 2.24) is 0 Å². The fraction of sp³-hybridized carbons (Fsp3) is 0.500. The highest BCUT2D eigenvalue weighted by Gasteiger charge is 2.50. The van der Waals surface area contributed by atoms with Gasteiger partial charge in [-0.3, -0.25) is 9.69 Å². The van der Waals surface area contributed by atoms with Crippen LogP contribution in [0.1, 0.15) is 31.4 Å². The average molecular weight is 405 g/mol. The molecule has 3 aliphatic heterocycles. The smallest absolute Gasteiger partial charge is 0.414 e. The zero-order valence-electron chi connectivity index (χ0n) is 16.0. The third-order valence-corrected chi connectivity index (χ3v) is 5.19. The van der Waals surface area contributed by atoms with Crippen LogP contribution in [0.4, 0.5) is 10.5 Å². The topological polar surface area (TPSA) is 104 Å². The van der Waals surface area contributed by atoms with E-state index in [9.17, 15) is 14.7 Å². The number of nitrogens with zero attached hydrogens (tertiary/aromatic N) is 1. The van der Waals surface area contributed by atoms with E-state index < -0.39 is 36.4 Å². The van der Waals surface area contributed by atoms with Crippen LogP contribution in [0, 0.1) is 0 Å². The second-order valence-electron chi connectivity index (χ2n) is 6.98. The van der Waals surface area contributed by atoms with Crippen LogP contribution < -0.4 is 14.4 Å². The summed E-state index contributed by atoms with van der Waals surface area (Å²) >= 11 is 0. The lowest BCUT2D eigenvalue weighted by Crippen LogP contribution is -2.58. The van der Waals surface area contributed by atoms with E-state index in [1.54, 1.807) is 19.1 Å². The molecule has 156 valence electrons. The maximum absolute atomic E-state index is 12.8. The first kappa shape index (κ1) is 19.5. The Kier molecular flexibility index (Phi) is 5.33. The Bertz CT molecular complexity index is 825. The van der Waals surface area contributed by atoms with Crippen molar-refractivity contribution in [2.75, 3.05) is 24.9 Å². The Morgan fingerprint density at radius 1 is 1.31 bits per heavy atom. The van der Waals surface area contributed by atoms with E-state index in [1.165, 1.54) is 11.0 Å². The van der Waals surface area contributed by atoms with Crippen molar-refractivity contribution < 1.29 is 38.4 Å². The lowest BCUT2D eigenvalue weighted by Gasteiger charge is -2.48. The minimum Gasteiger partial charge on any atom is -0.466 e. The number of aliphatic hydroxyl groups excluding tert-OH is 1. The molecule has 1 N–H and O–H groups in total. The number of hydrogen-bond acceptors (Lipinski definition) is 8. The third-order valence-electron chi connectivity index (χ3n) is 5.19. The Morgan fingerprint density at radius 2 is 2.07 bits per heavy atom. The van der Waals surface area contributed by atoms with Crippen LogP contribution in [0.2, 0.25) is 0 Å². The molecule has 0 aliphatic carbocycles. The summed E-state index contributed by atoms with van der Waals surface area (Å²) in [6, 6.07) is 2.76. The minimum atomic E-state index is -0.988. The zero-order valence-corrected chi connectivity index (χ0v) is 16.0. The summed E-state index contributed by atoms with van der Waals surface area (Å²) < 4.78 is 27.2. The van der Waals surface area contributed by atoms with Crippen molar-refractivity contribution in [3.63, 3.8) is 0 Å². The van der Waals surface area contributed by atoms with Gasteiger partial charge in [0, 0.05) is 11.6 Å².